The summed E-state index contributed by atoms with van der Waals surface area (Å²) in [5.41, 5.74) is 4.45. The van der Waals surface area contributed by atoms with Crippen molar-refractivity contribution in [3.05, 3.63) is 67.0 Å². The van der Waals surface area contributed by atoms with Crippen LogP contribution < -0.4 is 10.6 Å². The van der Waals surface area contributed by atoms with Gasteiger partial charge in [-0.05, 0) is 36.4 Å². The van der Waals surface area contributed by atoms with Crippen LogP contribution in [-0.2, 0) is 0 Å². The van der Waals surface area contributed by atoms with Crippen LogP contribution in [0.3, 0.4) is 0 Å². The van der Waals surface area contributed by atoms with Crippen molar-refractivity contribution in [1.29, 1.82) is 0 Å². The fraction of sp³-hybridized carbons (Fsp3) is 0. The van der Waals surface area contributed by atoms with Gasteiger partial charge in [0.15, 0.2) is 0 Å². The van der Waals surface area contributed by atoms with Gasteiger partial charge in [0, 0.05) is 39.7 Å². The SMILES string of the molecule is O=C(Nc1ccccc1)Nc1ccc2[nH]c(-c3cn[nH]c3)cc2c1. The van der Waals surface area contributed by atoms with Crippen molar-refractivity contribution in [1.82, 2.24) is 15.2 Å². The number of hydrogen-bond donors (Lipinski definition) is 4. The summed E-state index contributed by atoms with van der Waals surface area (Å²) in [6.07, 6.45) is 3.59. The van der Waals surface area contributed by atoms with Crippen LogP contribution in [0.5, 0.6) is 0 Å². The fourth-order valence-electron chi connectivity index (χ4n) is 2.58. The van der Waals surface area contributed by atoms with Gasteiger partial charge in [-0.3, -0.25) is 5.10 Å². The monoisotopic (exact) mass is 317 g/mol. The number of aromatic nitrogens is 3. The minimum Gasteiger partial charge on any atom is -0.354 e. The van der Waals surface area contributed by atoms with Gasteiger partial charge in [-0.25, -0.2) is 4.79 Å². The van der Waals surface area contributed by atoms with Crippen molar-refractivity contribution >= 4 is 28.3 Å². The van der Waals surface area contributed by atoms with E-state index in [1.807, 2.05) is 60.8 Å². The lowest BCUT2D eigenvalue weighted by molar-refractivity contribution is 0.262. The van der Waals surface area contributed by atoms with Crippen LogP contribution in [0.4, 0.5) is 16.2 Å². The van der Waals surface area contributed by atoms with Gasteiger partial charge in [0.2, 0.25) is 0 Å². The number of aromatic amines is 2. The van der Waals surface area contributed by atoms with E-state index in [9.17, 15) is 4.79 Å². The Morgan fingerprint density at radius 1 is 0.958 bits per heavy atom. The Kier molecular flexibility index (Phi) is 3.47. The second-order valence-corrected chi connectivity index (χ2v) is 5.42. The van der Waals surface area contributed by atoms with E-state index in [-0.39, 0.29) is 6.03 Å². The number of hydrogen-bond acceptors (Lipinski definition) is 2. The van der Waals surface area contributed by atoms with E-state index in [4.69, 9.17) is 0 Å². The number of carbonyl (C=O) groups is 1. The number of fused-ring (bicyclic) bond motifs is 1. The number of anilines is 2. The van der Waals surface area contributed by atoms with Crippen molar-refractivity contribution in [3.63, 3.8) is 0 Å². The van der Waals surface area contributed by atoms with Crippen molar-refractivity contribution in [2.45, 2.75) is 0 Å². The summed E-state index contributed by atoms with van der Waals surface area (Å²) in [5, 5.41) is 13.4. The third-order valence-corrected chi connectivity index (χ3v) is 3.72. The summed E-state index contributed by atoms with van der Waals surface area (Å²) in [7, 11) is 0. The Hall–Kier alpha value is -3.54. The number of benzene rings is 2. The summed E-state index contributed by atoms with van der Waals surface area (Å²) in [5.74, 6) is 0. The molecule has 0 aliphatic carbocycles. The Morgan fingerprint density at radius 2 is 1.79 bits per heavy atom. The third-order valence-electron chi connectivity index (χ3n) is 3.72. The molecule has 0 saturated heterocycles. The van der Waals surface area contributed by atoms with E-state index >= 15 is 0 Å². The maximum Gasteiger partial charge on any atom is 0.323 e. The molecule has 0 radical (unpaired) electrons. The van der Waals surface area contributed by atoms with Gasteiger partial charge in [-0.2, -0.15) is 5.10 Å². The zero-order chi connectivity index (χ0) is 16.4. The minimum absolute atomic E-state index is 0.272. The van der Waals surface area contributed by atoms with Crippen molar-refractivity contribution < 1.29 is 4.79 Å². The summed E-state index contributed by atoms with van der Waals surface area (Å²) >= 11 is 0. The molecule has 0 unspecified atom stereocenters. The quantitative estimate of drug-likeness (QED) is 0.456. The highest BCUT2D eigenvalue weighted by molar-refractivity contribution is 6.01. The number of para-hydroxylation sites is 1. The molecule has 0 spiro atoms. The lowest BCUT2D eigenvalue weighted by Crippen LogP contribution is -2.19. The molecular formula is C18H15N5O. The molecule has 0 atom stereocenters. The van der Waals surface area contributed by atoms with Crippen molar-refractivity contribution in [3.8, 4) is 11.3 Å². The molecule has 0 aliphatic heterocycles. The first-order valence-electron chi connectivity index (χ1n) is 7.53. The second-order valence-electron chi connectivity index (χ2n) is 5.42. The van der Waals surface area contributed by atoms with Crippen LogP contribution in [-0.4, -0.2) is 21.2 Å². The molecule has 0 aliphatic rings. The predicted molar refractivity (Wildman–Crippen MR) is 95.0 cm³/mol. The van der Waals surface area contributed by atoms with Crippen LogP contribution in [0.2, 0.25) is 0 Å². The van der Waals surface area contributed by atoms with Crippen LogP contribution >= 0.6 is 0 Å². The molecule has 4 N–H and O–H groups in total. The van der Waals surface area contributed by atoms with Gasteiger partial charge in [-0.1, -0.05) is 18.2 Å². The van der Waals surface area contributed by atoms with Gasteiger partial charge < -0.3 is 15.6 Å². The van der Waals surface area contributed by atoms with Crippen molar-refractivity contribution in [2.24, 2.45) is 0 Å². The highest BCUT2D eigenvalue weighted by Gasteiger charge is 2.07. The fourth-order valence-corrected chi connectivity index (χ4v) is 2.58. The van der Waals surface area contributed by atoms with E-state index in [0.717, 1.165) is 33.5 Å². The number of nitrogens with one attached hydrogen (secondary N) is 4. The smallest absolute Gasteiger partial charge is 0.323 e. The Balaban J connectivity index is 1.53. The molecule has 6 nitrogen and oxygen atoms in total. The largest absolute Gasteiger partial charge is 0.354 e. The van der Waals surface area contributed by atoms with Gasteiger partial charge in [0.25, 0.3) is 0 Å². The zero-order valence-electron chi connectivity index (χ0n) is 12.7. The highest BCUT2D eigenvalue weighted by Crippen LogP contribution is 2.25. The predicted octanol–water partition coefficient (Wildman–Crippen LogP) is 4.20. The Bertz CT molecular complexity index is 973. The first-order chi connectivity index (χ1) is 11.8. The van der Waals surface area contributed by atoms with Gasteiger partial charge in [0.1, 0.15) is 0 Å². The van der Waals surface area contributed by atoms with E-state index in [0.29, 0.717) is 0 Å². The van der Waals surface area contributed by atoms with Crippen LogP contribution in [0.15, 0.2) is 67.0 Å². The van der Waals surface area contributed by atoms with Crippen LogP contribution in [0.25, 0.3) is 22.2 Å². The number of rotatable bonds is 3. The molecule has 0 saturated carbocycles. The second kappa shape index (κ2) is 5.92. The van der Waals surface area contributed by atoms with Gasteiger partial charge in [-0.15, -0.1) is 0 Å². The molecule has 4 aromatic rings. The first kappa shape index (κ1) is 14.1. The molecule has 4 rings (SSSR count). The summed E-state index contributed by atoms with van der Waals surface area (Å²) in [6, 6.07) is 16.8. The lowest BCUT2D eigenvalue weighted by Gasteiger charge is -2.07. The summed E-state index contributed by atoms with van der Waals surface area (Å²) in [6.45, 7) is 0. The van der Waals surface area contributed by atoms with Gasteiger partial charge >= 0.3 is 6.03 Å². The first-order valence-corrected chi connectivity index (χ1v) is 7.53. The number of urea groups is 1. The van der Waals surface area contributed by atoms with E-state index in [1.54, 1.807) is 6.20 Å². The molecule has 0 fully saturated rings. The molecule has 2 heterocycles. The molecule has 6 heteroatoms. The van der Waals surface area contributed by atoms with E-state index in [1.165, 1.54) is 0 Å². The minimum atomic E-state index is -0.272. The summed E-state index contributed by atoms with van der Waals surface area (Å²) < 4.78 is 0. The summed E-state index contributed by atoms with van der Waals surface area (Å²) in [4.78, 5) is 15.4. The number of nitrogens with zero attached hydrogens (tertiary/aromatic N) is 1. The van der Waals surface area contributed by atoms with Crippen molar-refractivity contribution in [2.75, 3.05) is 10.6 Å². The number of amides is 2. The molecule has 2 aromatic carbocycles. The molecule has 118 valence electrons. The lowest BCUT2D eigenvalue weighted by atomic mass is 10.2. The zero-order valence-corrected chi connectivity index (χ0v) is 12.7. The highest BCUT2D eigenvalue weighted by atomic mass is 16.2. The van der Waals surface area contributed by atoms with Crippen LogP contribution in [0.1, 0.15) is 0 Å². The maximum absolute atomic E-state index is 12.1. The third kappa shape index (κ3) is 2.85. The van der Waals surface area contributed by atoms with Gasteiger partial charge in [0.05, 0.1) is 6.20 Å². The maximum atomic E-state index is 12.1. The number of H-pyrrole nitrogens is 2. The van der Waals surface area contributed by atoms with E-state index < -0.39 is 0 Å². The average Bonchev–Trinajstić information content (AvgIpc) is 3.24. The Morgan fingerprint density at radius 3 is 2.58 bits per heavy atom. The molecule has 2 amide bonds. The molecule has 0 bridgehead atoms. The van der Waals surface area contributed by atoms with E-state index in [2.05, 4.69) is 25.8 Å². The topological polar surface area (TPSA) is 85.6 Å². The average molecular weight is 317 g/mol. The molecule has 2 aromatic heterocycles. The number of carbonyl (C=O) groups excluding carboxylic acids is 1. The molecular weight excluding hydrogens is 302 g/mol. The molecule has 24 heavy (non-hydrogen) atoms. The normalized spacial score (nSPS) is 10.7. The Labute approximate surface area is 137 Å². The van der Waals surface area contributed by atoms with Crippen LogP contribution in [0, 0.1) is 0 Å². The standard InChI is InChI=1S/C18H15N5O/c24-18(21-14-4-2-1-3-5-14)22-15-6-7-16-12(8-15)9-17(23-16)13-10-19-20-11-13/h1-11,23H,(H,19,20)(H2,21,22,24).